The van der Waals surface area contributed by atoms with Gasteiger partial charge in [-0.3, -0.25) is 0 Å². The minimum Gasteiger partial charge on any atom is -0.308 e. The van der Waals surface area contributed by atoms with Gasteiger partial charge in [0, 0.05) is 22.9 Å². The maximum absolute atomic E-state index is 12.5. The zero-order chi connectivity index (χ0) is 15.5. The molecule has 1 aliphatic rings. The number of hydrogen-bond donors (Lipinski definition) is 1. The highest BCUT2D eigenvalue weighted by atomic mass is 32.2. The molecule has 1 N–H and O–H groups in total. The van der Waals surface area contributed by atoms with Crippen LogP contribution in [0.3, 0.4) is 0 Å². The third kappa shape index (κ3) is 3.31. The highest BCUT2D eigenvalue weighted by molar-refractivity contribution is 7.99. The Bertz CT molecular complexity index is 623. The second-order valence-corrected chi connectivity index (χ2v) is 7.81. The number of benzene rings is 1. The number of carbonyl (C=O) groups excluding carboxylic acids is 1. The van der Waals surface area contributed by atoms with E-state index in [1.165, 1.54) is 10.4 Å². The lowest BCUT2D eigenvalue weighted by Gasteiger charge is -2.23. The molecule has 1 saturated heterocycles. The Labute approximate surface area is 139 Å². The highest BCUT2D eigenvalue weighted by Crippen LogP contribution is 2.40. The summed E-state index contributed by atoms with van der Waals surface area (Å²) >= 11 is 3.54. The molecule has 5 heteroatoms. The van der Waals surface area contributed by atoms with E-state index in [-0.39, 0.29) is 11.4 Å². The number of rotatable bonds is 3. The normalized spacial score (nSPS) is 18.0. The molecule has 2 amide bonds. The zero-order valence-corrected chi connectivity index (χ0v) is 14.4. The predicted molar refractivity (Wildman–Crippen MR) is 95.8 cm³/mol. The lowest BCUT2D eigenvalue weighted by Crippen LogP contribution is -2.34. The third-order valence-corrected chi connectivity index (χ3v) is 6.08. The number of anilines is 1. The molecule has 0 saturated carbocycles. The first-order valence-corrected chi connectivity index (χ1v) is 9.40. The smallest absolute Gasteiger partial charge is 0.308 e. The van der Waals surface area contributed by atoms with E-state index in [1.807, 2.05) is 34.9 Å². The van der Waals surface area contributed by atoms with Gasteiger partial charge in [-0.1, -0.05) is 32.0 Å². The van der Waals surface area contributed by atoms with Crippen LogP contribution in [0, 0.1) is 0 Å². The number of carbonyl (C=O) groups is 1. The highest BCUT2D eigenvalue weighted by Gasteiger charge is 2.31. The zero-order valence-electron chi connectivity index (χ0n) is 12.8. The van der Waals surface area contributed by atoms with Gasteiger partial charge in [-0.15, -0.1) is 23.1 Å². The quantitative estimate of drug-likeness (QED) is 0.843. The van der Waals surface area contributed by atoms with Gasteiger partial charge >= 0.3 is 6.03 Å². The van der Waals surface area contributed by atoms with Crippen LogP contribution in [0.15, 0.2) is 41.8 Å². The largest absolute Gasteiger partial charge is 0.323 e. The van der Waals surface area contributed by atoms with Gasteiger partial charge in [0.1, 0.15) is 5.37 Å². The third-order valence-electron chi connectivity index (χ3n) is 3.77. The van der Waals surface area contributed by atoms with Gasteiger partial charge < -0.3 is 10.2 Å². The summed E-state index contributed by atoms with van der Waals surface area (Å²) in [6.45, 7) is 5.13. The second kappa shape index (κ2) is 6.75. The summed E-state index contributed by atoms with van der Waals surface area (Å²) in [5.41, 5.74) is 2.14. The molecule has 3 nitrogen and oxygen atoms in total. The van der Waals surface area contributed by atoms with Crippen LogP contribution in [-0.4, -0.2) is 23.2 Å². The Kier molecular flexibility index (Phi) is 4.74. The number of nitrogens with zero attached hydrogens (tertiary/aromatic N) is 1. The molecule has 1 aromatic carbocycles. The Morgan fingerprint density at radius 3 is 2.68 bits per heavy atom. The molecule has 2 heterocycles. The summed E-state index contributed by atoms with van der Waals surface area (Å²) in [7, 11) is 0. The first kappa shape index (κ1) is 15.4. The molecule has 1 aromatic heterocycles. The van der Waals surface area contributed by atoms with Crippen LogP contribution in [0.25, 0.3) is 0 Å². The maximum Gasteiger partial charge on any atom is 0.323 e. The van der Waals surface area contributed by atoms with Crippen molar-refractivity contribution in [2.75, 3.05) is 17.6 Å². The van der Waals surface area contributed by atoms with E-state index in [9.17, 15) is 4.79 Å². The fourth-order valence-corrected chi connectivity index (χ4v) is 4.73. The van der Waals surface area contributed by atoms with Crippen LogP contribution in [0.1, 0.15) is 35.6 Å². The van der Waals surface area contributed by atoms with Crippen LogP contribution in [0.4, 0.5) is 10.5 Å². The van der Waals surface area contributed by atoms with Crippen LogP contribution < -0.4 is 5.32 Å². The van der Waals surface area contributed by atoms with Crippen molar-refractivity contribution in [1.29, 1.82) is 0 Å². The lowest BCUT2D eigenvalue weighted by atomic mass is 10.0. The van der Waals surface area contributed by atoms with Crippen LogP contribution in [0.2, 0.25) is 0 Å². The van der Waals surface area contributed by atoms with Crippen molar-refractivity contribution in [1.82, 2.24) is 4.90 Å². The fourth-order valence-electron chi connectivity index (χ4n) is 2.49. The van der Waals surface area contributed by atoms with Gasteiger partial charge in [0.25, 0.3) is 0 Å². The van der Waals surface area contributed by atoms with Crippen LogP contribution in [0.5, 0.6) is 0 Å². The molecule has 0 bridgehead atoms. The minimum atomic E-state index is -0.0132. The van der Waals surface area contributed by atoms with E-state index >= 15 is 0 Å². The molecule has 22 heavy (non-hydrogen) atoms. The molecule has 0 unspecified atom stereocenters. The van der Waals surface area contributed by atoms with Gasteiger partial charge in [0.05, 0.1) is 0 Å². The number of hydrogen-bond acceptors (Lipinski definition) is 3. The van der Waals surface area contributed by atoms with Crippen molar-refractivity contribution >= 4 is 34.8 Å². The van der Waals surface area contributed by atoms with Gasteiger partial charge in [-0.05, 0) is 35.1 Å². The topological polar surface area (TPSA) is 32.3 Å². The van der Waals surface area contributed by atoms with E-state index in [4.69, 9.17) is 0 Å². The van der Waals surface area contributed by atoms with E-state index in [2.05, 4.69) is 42.7 Å². The van der Waals surface area contributed by atoms with Gasteiger partial charge in [0.15, 0.2) is 0 Å². The Balaban J connectivity index is 1.68. The molecule has 0 radical (unpaired) electrons. The molecular weight excluding hydrogens is 312 g/mol. The Morgan fingerprint density at radius 1 is 1.27 bits per heavy atom. The lowest BCUT2D eigenvalue weighted by molar-refractivity contribution is 0.215. The number of thioether (sulfide) groups is 1. The first-order valence-electron chi connectivity index (χ1n) is 7.48. The summed E-state index contributed by atoms with van der Waals surface area (Å²) < 4.78 is 0. The van der Waals surface area contributed by atoms with Crippen molar-refractivity contribution < 1.29 is 4.79 Å². The summed E-state index contributed by atoms with van der Waals surface area (Å²) in [6.07, 6.45) is 0. The van der Waals surface area contributed by atoms with E-state index in [0.717, 1.165) is 18.0 Å². The summed E-state index contributed by atoms with van der Waals surface area (Å²) in [5, 5.41) is 5.23. The van der Waals surface area contributed by atoms with Gasteiger partial charge in [-0.2, -0.15) is 0 Å². The Hall–Kier alpha value is -1.46. The van der Waals surface area contributed by atoms with Crippen molar-refractivity contribution in [3.63, 3.8) is 0 Å². The Morgan fingerprint density at radius 2 is 2.05 bits per heavy atom. The average Bonchev–Trinajstić information content (AvgIpc) is 3.18. The molecule has 116 valence electrons. The maximum atomic E-state index is 12.5. The van der Waals surface area contributed by atoms with Crippen molar-refractivity contribution in [2.45, 2.75) is 25.1 Å². The number of nitrogens with one attached hydrogen (secondary N) is 1. The number of thiophene rings is 1. The molecule has 0 aliphatic carbocycles. The summed E-state index contributed by atoms with van der Waals surface area (Å²) in [4.78, 5) is 15.7. The molecule has 3 rings (SSSR count). The molecule has 0 spiro atoms. The number of amides is 2. The first-order chi connectivity index (χ1) is 10.6. The molecule has 1 atom stereocenters. The van der Waals surface area contributed by atoms with E-state index < -0.39 is 0 Å². The van der Waals surface area contributed by atoms with Crippen molar-refractivity contribution in [3.05, 3.63) is 52.2 Å². The predicted octanol–water partition coefficient (Wildman–Crippen LogP) is 5.15. The van der Waals surface area contributed by atoms with Gasteiger partial charge in [0.2, 0.25) is 0 Å². The van der Waals surface area contributed by atoms with Crippen molar-refractivity contribution in [2.24, 2.45) is 0 Å². The molecule has 1 fully saturated rings. The minimum absolute atomic E-state index is 0.0132. The van der Waals surface area contributed by atoms with Crippen LogP contribution in [-0.2, 0) is 0 Å². The fraction of sp³-hybridized carbons (Fsp3) is 0.353. The van der Waals surface area contributed by atoms with E-state index in [1.54, 1.807) is 11.3 Å². The monoisotopic (exact) mass is 332 g/mol. The second-order valence-electron chi connectivity index (χ2n) is 5.64. The summed E-state index contributed by atoms with van der Waals surface area (Å²) in [6, 6.07) is 12.3. The van der Waals surface area contributed by atoms with Gasteiger partial charge in [-0.25, -0.2) is 4.79 Å². The van der Waals surface area contributed by atoms with E-state index in [0.29, 0.717) is 5.92 Å². The molecule has 1 aliphatic heterocycles. The molecular formula is C17H20N2OS2. The van der Waals surface area contributed by atoms with Crippen molar-refractivity contribution in [3.8, 4) is 0 Å². The standard InChI is InChI=1S/C17H20N2OS2/c1-12(2)13-5-7-14(8-6-13)18-17(20)19-9-11-22-16(19)15-4-3-10-21-15/h3-8,10,12,16H,9,11H2,1-2H3,(H,18,20)/t16-/m0/s1. The molecule has 2 aromatic rings. The van der Waals surface area contributed by atoms with Crippen LogP contribution >= 0.6 is 23.1 Å². The average molecular weight is 332 g/mol. The number of urea groups is 1. The summed E-state index contributed by atoms with van der Waals surface area (Å²) in [5.74, 6) is 1.49. The SMILES string of the molecule is CC(C)c1ccc(NC(=O)N2CCS[C@H]2c2cccs2)cc1.